The molecule has 1 heterocycles. The molecule has 3 nitrogen and oxygen atoms in total. The van der Waals surface area contributed by atoms with Gasteiger partial charge in [0.25, 0.3) is 0 Å². The topological polar surface area (TPSA) is 33.2 Å². The Bertz CT molecular complexity index is 519. The summed E-state index contributed by atoms with van der Waals surface area (Å²) in [5, 5.41) is 0. The van der Waals surface area contributed by atoms with E-state index < -0.39 is 0 Å². The van der Waals surface area contributed by atoms with Crippen LogP contribution in [0.4, 0.5) is 0 Å². The number of amides is 1. The van der Waals surface area contributed by atoms with E-state index in [2.05, 4.69) is 24.1 Å². The second-order valence-corrected chi connectivity index (χ2v) is 5.93. The Labute approximate surface area is 121 Å². The molecule has 2 rings (SSSR count). The summed E-state index contributed by atoms with van der Waals surface area (Å²) in [6, 6.07) is 4.40. The quantitative estimate of drug-likeness (QED) is 0.844. The number of carbonyl (C=O) groups excluding carboxylic acids is 1. The maximum Gasteiger partial charge on any atom is 0.225 e. The summed E-state index contributed by atoms with van der Waals surface area (Å²) >= 11 is 0. The van der Waals surface area contributed by atoms with E-state index in [1.54, 1.807) is 0 Å². The molecule has 0 saturated heterocycles. The number of aryl methyl sites for hydroxylation is 1. The third-order valence-electron chi connectivity index (χ3n) is 4.09. The van der Waals surface area contributed by atoms with Crippen molar-refractivity contribution in [1.29, 1.82) is 0 Å². The molecule has 108 valence electrons. The van der Waals surface area contributed by atoms with Crippen LogP contribution in [0.3, 0.4) is 0 Å². The number of hydrogen-bond donors (Lipinski definition) is 0. The van der Waals surface area contributed by atoms with E-state index >= 15 is 0 Å². The molecule has 1 atom stereocenters. The van der Waals surface area contributed by atoms with Gasteiger partial charge < -0.3 is 4.90 Å². The van der Waals surface area contributed by atoms with Gasteiger partial charge in [-0.05, 0) is 43.4 Å². The highest BCUT2D eigenvalue weighted by molar-refractivity contribution is 5.78. The first kappa shape index (κ1) is 14.8. The van der Waals surface area contributed by atoms with Crippen LogP contribution in [0.1, 0.15) is 44.4 Å². The highest BCUT2D eigenvalue weighted by Gasteiger charge is 2.24. The smallest absolute Gasteiger partial charge is 0.225 e. The van der Waals surface area contributed by atoms with Crippen LogP contribution in [0.25, 0.3) is 5.57 Å². The molecule has 3 heteroatoms. The predicted octanol–water partition coefficient (Wildman–Crippen LogP) is 3.44. The van der Waals surface area contributed by atoms with Crippen LogP contribution >= 0.6 is 0 Å². The minimum absolute atomic E-state index is 0.0726. The average molecular weight is 272 g/mol. The van der Waals surface area contributed by atoms with Crippen molar-refractivity contribution in [2.24, 2.45) is 5.92 Å². The van der Waals surface area contributed by atoms with Crippen molar-refractivity contribution >= 4 is 11.5 Å². The minimum atomic E-state index is 0.0726. The lowest BCUT2D eigenvalue weighted by Gasteiger charge is -2.32. The van der Waals surface area contributed by atoms with Crippen LogP contribution in [0.15, 0.2) is 24.4 Å². The van der Waals surface area contributed by atoms with Crippen LogP contribution in [0, 0.1) is 12.8 Å². The van der Waals surface area contributed by atoms with Gasteiger partial charge in [0.05, 0.1) is 5.69 Å². The summed E-state index contributed by atoms with van der Waals surface area (Å²) in [5.41, 5.74) is 3.66. The van der Waals surface area contributed by atoms with E-state index in [-0.39, 0.29) is 11.8 Å². The number of allylic oxidation sites excluding steroid dienone is 1. The number of aromatic nitrogens is 1. The van der Waals surface area contributed by atoms with Gasteiger partial charge in [0.15, 0.2) is 0 Å². The van der Waals surface area contributed by atoms with Gasteiger partial charge in [0.1, 0.15) is 0 Å². The van der Waals surface area contributed by atoms with Crippen molar-refractivity contribution in [3.8, 4) is 0 Å². The van der Waals surface area contributed by atoms with Gasteiger partial charge in [-0.15, -0.1) is 0 Å². The van der Waals surface area contributed by atoms with E-state index in [1.165, 1.54) is 11.1 Å². The lowest BCUT2D eigenvalue weighted by Crippen LogP contribution is -2.40. The Hall–Kier alpha value is -1.64. The van der Waals surface area contributed by atoms with Gasteiger partial charge in [-0.1, -0.05) is 26.0 Å². The Balaban J connectivity index is 2.08. The number of pyridine rings is 1. The zero-order valence-corrected chi connectivity index (χ0v) is 12.9. The maximum absolute atomic E-state index is 12.0. The first-order valence-corrected chi connectivity index (χ1v) is 7.38. The van der Waals surface area contributed by atoms with Gasteiger partial charge in [0.2, 0.25) is 5.91 Å². The molecular formula is C17H24N2O. The average Bonchev–Trinajstić information content (AvgIpc) is 2.46. The Kier molecular flexibility index (Phi) is 4.58. The highest BCUT2D eigenvalue weighted by atomic mass is 16.2. The van der Waals surface area contributed by atoms with Crippen LogP contribution in [-0.2, 0) is 4.79 Å². The van der Waals surface area contributed by atoms with E-state index in [4.69, 9.17) is 0 Å². The molecule has 1 aliphatic carbocycles. The van der Waals surface area contributed by atoms with E-state index in [0.717, 1.165) is 25.0 Å². The van der Waals surface area contributed by atoms with Gasteiger partial charge in [-0.3, -0.25) is 9.78 Å². The molecule has 1 aliphatic rings. The molecule has 0 spiro atoms. The minimum Gasteiger partial charge on any atom is -0.342 e. The normalized spacial score (nSPS) is 18.9. The molecule has 0 saturated carbocycles. The maximum atomic E-state index is 12.0. The van der Waals surface area contributed by atoms with Crippen molar-refractivity contribution in [3.63, 3.8) is 0 Å². The zero-order valence-electron chi connectivity index (χ0n) is 12.9. The third-order valence-corrected chi connectivity index (χ3v) is 4.09. The first-order valence-electron chi connectivity index (χ1n) is 7.38. The second kappa shape index (κ2) is 6.21. The second-order valence-electron chi connectivity index (χ2n) is 5.93. The molecular weight excluding hydrogens is 248 g/mol. The van der Waals surface area contributed by atoms with Crippen LogP contribution in [0.2, 0.25) is 0 Å². The number of carbonyl (C=O) groups is 1. The fourth-order valence-electron chi connectivity index (χ4n) is 2.80. The molecule has 20 heavy (non-hydrogen) atoms. The van der Waals surface area contributed by atoms with Crippen LogP contribution in [-0.4, -0.2) is 28.9 Å². The zero-order chi connectivity index (χ0) is 14.7. The summed E-state index contributed by atoms with van der Waals surface area (Å²) in [5.74, 6) is 0.310. The van der Waals surface area contributed by atoms with Crippen LogP contribution in [0.5, 0.6) is 0 Å². The van der Waals surface area contributed by atoms with Crippen molar-refractivity contribution in [2.75, 3.05) is 7.05 Å². The fraction of sp³-hybridized carbons (Fsp3) is 0.529. The summed E-state index contributed by atoms with van der Waals surface area (Å²) in [6.07, 6.45) is 7.06. The largest absolute Gasteiger partial charge is 0.342 e. The fourth-order valence-corrected chi connectivity index (χ4v) is 2.80. The van der Waals surface area contributed by atoms with E-state index in [1.807, 2.05) is 38.1 Å². The molecule has 0 aromatic carbocycles. The summed E-state index contributed by atoms with van der Waals surface area (Å²) < 4.78 is 0. The lowest BCUT2D eigenvalue weighted by molar-refractivity contribution is -0.135. The molecule has 0 N–H and O–H groups in total. The summed E-state index contributed by atoms with van der Waals surface area (Å²) in [6.45, 7) is 6.02. The number of hydrogen-bond acceptors (Lipinski definition) is 2. The molecule has 0 fully saturated rings. The van der Waals surface area contributed by atoms with E-state index in [0.29, 0.717) is 6.04 Å². The summed E-state index contributed by atoms with van der Waals surface area (Å²) in [7, 11) is 1.93. The first-order chi connectivity index (χ1) is 9.50. The monoisotopic (exact) mass is 272 g/mol. The van der Waals surface area contributed by atoms with Crippen molar-refractivity contribution in [3.05, 3.63) is 35.7 Å². The number of nitrogens with zero attached hydrogens (tertiary/aromatic N) is 2. The molecule has 1 aromatic rings. The van der Waals surface area contributed by atoms with Gasteiger partial charge in [-0.2, -0.15) is 0 Å². The van der Waals surface area contributed by atoms with E-state index in [9.17, 15) is 4.79 Å². The molecule has 0 aliphatic heterocycles. The van der Waals surface area contributed by atoms with Crippen LogP contribution < -0.4 is 0 Å². The van der Waals surface area contributed by atoms with Gasteiger partial charge >= 0.3 is 0 Å². The SMILES string of the molecule is Cc1cccnc1C1=CCC(N(C)C(=O)C(C)C)CC1. The predicted molar refractivity (Wildman–Crippen MR) is 82.2 cm³/mol. The number of rotatable bonds is 3. The van der Waals surface area contributed by atoms with Crippen molar-refractivity contribution in [2.45, 2.75) is 46.1 Å². The molecule has 0 bridgehead atoms. The molecule has 1 amide bonds. The standard InChI is InChI=1S/C17H24N2O/c1-12(2)17(20)19(4)15-9-7-14(8-10-15)16-13(3)6-5-11-18-16/h5-7,11-12,15H,8-10H2,1-4H3. The highest BCUT2D eigenvalue weighted by Crippen LogP contribution is 2.29. The Morgan fingerprint density at radius 2 is 2.20 bits per heavy atom. The Morgan fingerprint density at radius 3 is 2.75 bits per heavy atom. The summed E-state index contributed by atoms with van der Waals surface area (Å²) in [4.78, 5) is 18.4. The third kappa shape index (κ3) is 3.09. The van der Waals surface area contributed by atoms with Crippen molar-refractivity contribution < 1.29 is 4.79 Å². The van der Waals surface area contributed by atoms with Gasteiger partial charge in [0, 0.05) is 25.2 Å². The van der Waals surface area contributed by atoms with Crippen molar-refractivity contribution in [1.82, 2.24) is 9.88 Å². The van der Waals surface area contributed by atoms with Gasteiger partial charge in [-0.25, -0.2) is 0 Å². The molecule has 1 unspecified atom stereocenters. The molecule has 1 aromatic heterocycles. The lowest BCUT2D eigenvalue weighted by atomic mass is 9.90. The Morgan fingerprint density at radius 1 is 1.45 bits per heavy atom. The molecule has 0 radical (unpaired) electrons.